The van der Waals surface area contributed by atoms with Gasteiger partial charge in [-0.15, -0.1) is 0 Å². The molecule has 1 fully saturated rings. The lowest BCUT2D eigenvalue weighted by atomic mass is 9.97. The van der Waals surface area contributed by atoms with Crippen LogP contribution in [0, 0.1) is 0 Å². The van der Waals surface area contributed by atoms with Crippen LogP contribution in [0.5, 0.6) is 0 Å². The molecule has 0 spiro atoms. The van der Waals surface area contributed by atoms with E-state index in [1.165, 1.54) is 4.31 Å². The summed E-state index contributed by atoms with van der Waals surface area (Å²) in [6.07, 6.45) is 1.41. The molecule has 0 saturated carbocycles. The standard InChI is InChI=1S/C9H19NO3S/c1-8(2)14(12,13)10-6-4-5-9(3,11)7-10/h8,11H,4-7H2,1-3H3. The van der Waals surface area contributed by atoms with E-state index in [1.807, 2.05) is 0 Å². The lowest BCUT2D eigenvalue weighted by Gasteiger charge is -2.36. The average Bonchev–Trinajstić information content (AvgIpc) is 2.02. The van der Waals surface area contributed by atoms with Gasteiger partial charge in [0.2, 0.25) is 10.0 Å². The molecule has 1 aliphatic heterocycles. The molecule has 0 radical (unpaired) electrons. The second kappa shape index (κ2) is 3.79. The third-order valence-electron chi connectivity index (χ3n) is 2.60. The molecule has 0 aromatic heterocycles. The average molecular weight is 221 g/mol. The molecule has 0 aromatic carbocycles. The number of hydrogen-bond donors (Lipinski definition) is 1. The third kappa shape index (κ3) is 2.46. The van der Waals surface area contributed by atoms with Gasteiger partial charge in [0.05, 0.1) is 10.9 Å². The van der Waals surface area contributed by atoms with Crippen molar-refractivity contribution in [2.45, 2.75) is 44.5 Å². The number of nitrogens with zero attached hydrogens (tertiary/aromatic N) is 1. The van der Waals surface area contributed by atoms with Crippen molar-refractivity contribution in [2.75, 3.05) is 13.1 Å². The summed E-state index contributed by atoms with van der Waals surface area (Å²) in [5.74, 6) is 0. The van der Waals surface area contributed by atoms with Crippen molar-refractivity contribution in [3.8, 4) is 0 Å². The molecule has 1 aliphatic rings. The third-order valence-corrected chi connectivity index (χ3v) is 4.82. The van der Waals surface area contributed by atoms with Crippen molar-refractivity contribution in [2.24, 2.45) is 0 Å². The Kier molecular flexibility index (Phi) is 3.23. The summed E-state index contributed by atoms with van der Waals surface area (Å²) in [4.78, 5) is 0. The van der Waals surface area contributed by atoms with Crippen LogP contribution in [0.4, 0.5) is 0 Å². The number of β-amino-alcohol motifs (C(OH)–C–C–N with tert-alkyl or cyclic N) is 1. The van der Waals surface area contributed by atoms with E-state index in [4.69, 9.17) is 0 Å². The van der Waals surface area contributed by atoms with Crippen molar-refractivity contribution in [1.82, 2.24) is 4.31 Å². The smallest absolute Gasteiger partial charge is 0.216 e. The van der Waals surface area contributed by atoms with E-state index >= 15 is 0 Å². The Hall–Kier alpha value is -0.130. The number of sulfonamides is 1. The lowest BCUT2D eigenvalue weighted by Crippen LogP contribution is -2.50. The van der Waals surface area contributed by atoms with E-state index in [0.717, 1.165) is 6.42 Å². The molecule has 0 amide bonds. The fourth-order valence-corrected chi connectivity index (χ4v) is 3.13. The highest BCUT2D eigenvalue weighted by molar-refractivity contribution is 7.89. The lowest BCUT2D eigenvalue weighted by molar-refractivity contribution is 0.00923. The van der Waals surface area contributed by atoms with Crippen LogP contribution in [-0.2, 0) is 10.0 Å². The van der Waals surface area contributed by atoms with Crippen LogP contribution in [-0.4, -0.2) is 41.8 Å². The van der Waals surface area contributed by atoms with Crippen LogP contribution in [0.25, 0.3) is 0 Å². The maximum atomic E-state index is 11.8. The molecule has 5 heteroatoms. The van der Waals surface area contributed by atoms with Crippen LogP contribution < -0.4 is 0 Å². The van der Waals surface area contributed by atoms with Gasteiger partial charge in [0.25, 0.3) is 0 Å². The van der Waals surface area contributed by atoms with Gasteiger partial charge in [-0.1, -0.05) is 0 Å². The highest BCUT2D eigenvalue weighted by atomic mass is 32.2. The molecule has 1 atom stereocenters. The summed E-state index contributed by atoms with van der Waals surface area (Å²) in [7, 11) is -3.20. The van der Waals surface area contributed by atoms with Crippen molar-refractivity contribution in [3.63, 3.8) is 0 Å². The Balaban J connectivity index is 2.80. The molecule has 0 aromatic rings. The van der Waals surface area contributed by atoms with Gasteiger partial charge in [0.15, 0.2) is 0 Å². The quantitative estimate of drug-likeness (QED) is 0.741. The Morgan fingerprint density at radius 3 is 2.43 bits per heavy atom. The second-order valence-electron chi connectivity index (χ2n) is 4.53. The molecular weight excluding hydrogens is 202 g/mol. The van der Waals surface area contributed by atoms with Crippen LogP contribution in [0.1, 0.15) is 33.6 Å². The van der Waals surface area contributed by atoms with Crippen LogP contribution in [0.2, 0.25) is 0 Å². The molecule has 14 heavy (non-hydrogen) atoms. The van der Waals surface area contributed by atoms with Crippen LogP contribution >= 0.6 is 0 Å². The summed E-state index contributed by atoms with van der Waals surface area (Å²) in [5, 5.41) is 9.38. The highest BCUT2D eigenvalue weighted by Crippen LogP contribution is 2.23. The molecular formula is C9H19NO3S. The molecule has 0 bridgehead atoms. The number of aliphatic hydroxyl groups is 1. The van der Waals surface area contributed by atoms with E-state index < -0.39 is 20.9 Å². The Bertz CT molecular complexity index is 295. The van der Waals surface area contributed by atoms with Gasteiger partial charge >= 0.3 is 0 Å². The van der Waals surface area contributed by atoms with Crippen molar-refractivity contribution < 1.29 is 13.5 Å². The van der Waals surface area contributed by atoms with Gasteiger partial charge in [0.1, 0.15) is 0 Å². The van der Waals surface area contributed by atoms with Crippen LogP contribution in [0.3, 0.4) is 0 Å². The predicted molar refractivity (Wildman–Crippen MR) is 55.5 cm³/mol. The maximum Gasteiger partial charge on any atom is 0.216 e. The van der Waals surface area contributed by atoms with E-state index in [2.05, 4.69) is 0 Å². The summed E-state index contributed by atoms with van der Waals surface area (Å²) in [6, 6.07) is 0. The molecule has 1 unspecified atom stereocenters. The zero-order valence-electron chi connectivity index (χ0n) is 9.02. The molecule has 84 valence electrons. The summed E-state index contributed by atoms with van der Waals surface area (Å²) < 4.78 is 25.0. The van der Waals surface area contributed by atoms with Crippen molar-refractivity contribution >= 4 is 10.0 Å². The fraction of sp³-hybridized carbons (Fsp3) is 1.00. The van der Waals surface area contributed by atoms with Crippen molar-refractivity contribution in [3.05, 3.63) is 0 Å². The largest absolute Gasteiger partial charge is 0.389 e. The minimum Gasteiger partial charge on any atom is -0.389 e. The minimum absolute atomic E-state index is 0.230. The van der Waals surface area contributed by atoms with Gasteiger partial charge in [-0.25, -0.2) is 8.42 Å². The van der Waals surface area contributed by atoms with Gasteiger partial charge in [-0.2, -0.15) is 4.31 Å². The highest BCUT2D eigenvalue weighted by Gasteiger charge is 2.35. The second-order valence-corrected chi connectivity index (χ2v) is 7.02. The van der Waals surface area contributed by atoms with Crippen molar-refractivity contribution in [1.29, 1.82) is 0 Å². The van der Waals surface area contributed by atoms with Crippen LogP contribution in [0.15, 0.2) is 0 Å². The first-order valence-corrected chi connectivity index (χ1v) is 6.47. The normalized spacial score (nSPS) is 30.9. The zero-order valence-corrected chi connectivity index (χ0v) is 9.84. The Morgan fingerprint density at radius 1 is 1.43 bits per heavy atom. The number of piperidine rings is 1. The monoisotopic (exact) mass is 221 g/mol. The topological polar surface area (TPSA) is 57.6 Å². The Labute approximate surface area is 86.0 Å². The van der Waals surface area contributed by atoms with Gasteiger partial charge in [0, 0.05) is 13.1 Å². The maximum absolute atomic E-state index is 11.8. The Morgan fingerprint density at radius 2 is 2.00 bits per heavy atom. The molecule has 0 aliphatic carbocycles. The first-order valence-electron chi connectivity index (χ1n) is 4.97. The first kappa shape index (κ1) is 11.9. The number of rotatable bonds is 2. The minimum atomic E-state index is -3.20. The van der Waals surface area contributed by atoms with E-state index in [1.54, 1.807) is 20.8 Å². The molecule has 1 saturated heterocycles. The zero-order chi connectivity index (χ0) is 11.0. The summed E-state index contributed by atoms with van der Waals surface area (Å²) in [5.41, 5.74) is -0.861. The molecule has 1 rings (SSSR count). The van der Waals surface area contributed by atoms with Gasteiger partial charge < -0.3 is 5.11 Å². The molecule has 1 N–H and O–H groups in total. The van der Waals surface area contributed by atoms with E-state index in [9.17, 15) is 13.5 Å². The predicted octanol–water partition coefficient (Wildman–Crippen LogP) is 0.571. The molecule has 1 heterocycles. The van der Waals surface area contributed by atoms with E-state index in [-0.39, 0.29) is 6.54 Å². The number of hydrogen-bond acceptors (Lipinski definition) is 3. The van der Waals surface area contributed by atoms with Gasteiger partial charge in [-0.3, -0.25) is 0 Å². The van der Waals surface area contributed by atoms with Gasteiger partial charge in [-0.05, 0) is 33.6 Å². The summed E-state index contributed by atoms with van der Waals surface area (Å²) in [6.45, 7) is 5.79. The molecule has 4 nitrogen and oxygen atoms in total. The fourth-order valence-electron chi connectivity index (χ4n) is 1.69. The first-order chi connectivity index (χ1) is 6.26. The van der Waals surface area contributed by atoms with E-state index in [0.29, 0.717) is 13.0 Å². The SMILES string of the molecule is CC(C)S(=O)(=O)N1CCCC(C)(O)C1. The summed E-state index contributed by atoms with van der Waals surface area (Å²) >= 11 is 0.